The molecule has 1 aliphatic carbocycles. The SMILES string of the molecule is CC1CC1c1ccc(/C=C/C(=O)N(C)CCCc2ccccc2)o1. The van der Waals surface area contributed by atoms with Crippen molar-refractivity contribution in [1.82, 2.24) is 4.90 Å². The lowest BCUT2D eigenvalue weighted by atomic mass is 10.1. The van der Waals surface area contributed by atoms with Gasteiger partial charge in [-0.1, -0.05) is 37.3 Å². The number of furan rings is 1. The monoisotopic (exact) mass is 323 g/mol. The molecule has 0 bridgehead atoms. The molecule has 2 aromatic rings. The van der Waals surface area contributed by atoms with Crippen LogP contribution in [0.5, 0.6) is 0 Å². The second-order valence-corrected chi connectivity index (χ2v) is 6.74. The number of benzene rings is 1. The molecule has 3 nitrogen and oxygen atoms in total. The number of amides is 1. The maximum absolute atomic E-state index is 12.2. The van der Waals surface area contributed by atoms with Crippen LogP contribution in [0.2, 0.25) is 0 Å². The molecule has 1 amide bonds. The Kier molecular flexibility index (Phi) is 5.19. The molecule has 1 aromatic heterocycles. The summed E-state index contributed by atoms with van der Waals surface area (Å²) in [6, 6.07) is 14.3. The number of rotatable bonds is 7. The molecule has 3 rings (SSSR count). The number of likely N-dealkylation sites (N-methyl/N-ethyl adjacent to an activating group) is 1. The summed E-state index contributed by atoms with van der Waals surface area (Å²) >= 11 is 0. The minimum atomic E-state index is 0.0146. The molecule has 126 valence electrons. The molecule has 3 heteroatoms. The molecule has 0 spiro atoms. The van der Waals surface area contributed by atoms with Gasteiger partial charge in [0.05, 0.1) is 0 Å². The second-order valence-electron chi connectivity index (χ2n) is 6.74. The fourth-order valence-corrected chi connectivity index (χ4v) is 2.93. The zero-order chi connectivity index (χ0) is 16.9. The van der Waals surface area contributed by atoms with Crippen LogP contribution in [0.15, 0.2) is 53.0 Å². The van der Waals surface area contributed by atoms with Crippen LogP contribution in [0.1, 0.15) is 42.8 Å². The Morgan fingerprint density at radius 1 is 1.25 bits per heavy atom. The van der Waals surface area contributed by atoms with Gasteiger partial charge in [0.15, 0.2) is 0 Å². The van der Waals surface area contributed by atoms with E-state index in [0.29, 0.717) is 5.92 Å². The average molecular weight is 323 g/mol. The van der Waals surface area contributed by atoms with E-state index in [4.69, 9.17) is 4.42 Å². The summed E-state index contributed by atoms with van der Waals surface area (Å²) in [4.78, 5) is 13.9. The van der Waals surface area contributed by atoms with Crippen molar-refractivity contribution in [3.8, 4) is 0 Å². The highest BCUT2D eigenvalue weighted by Crippen LogP contribution is 2.47. The van der Waals surface area contributed by atoms with Gasteiger partial charge in [-0.2, -0.15) is 0 Å². The summed E-state index contributed by atoms with van der Waals surface area (Å²) in [5.74, 6) is 3.12. The summed E-state index contributed by atoms with van der Waals surface area (Å²) in [6.07, 6.45) is 6.53. The Hall–Kier alpha value is -2.29. The lowest BCUT2D eigenvalue weighted by molar-refractivity contribution is -0.124. The van der Waals surface area contributed by atoms with E-state index in [-0.39, 0.29) is 5.91 Å². The Bertz CT molecular complexity index is 702. The van der Waals surface area contributed by atoms with Gasteiger partial charge >= 0.3 is 0 Å². The molecule has 2 atom stereocenters. The molecule has 1 aromatic carbocycles. The third-order valence-electron chi connectivity index (χ3n) is 4.69. The number of carbonyl (C=O) groups excluding carboxylic acids is 1. The van der Waals surface area contributed by atoms with E-state index < -0.39 is 0 Å². The molecular formula is C21H25NO2. The topological polar surface area (TPSA) is 33.5 Å². The number of hydrogen-bond donors (Lipinski definition) is 0. The number of nitrogens with zero attached hydrogens (tertiary/aromatic N) is 1. The van der Waals surface area contributed by atoms with Crippen molar-refractivity contribution < 1.29 is 9.21 Å². The van der Waals surface area contributed by atoms with Crippen LogP contribution in [0.4, 0.5) is 0 Å². The van der Waals surface area contributed by atoms with Crippen LogP contribution in [-0.2, 0) is 11.2 Å². The fraction of sp³-hybridized carbons (Fsp3) is 0.381. The van der Waals surface area contributed by atoms with Gasteiger partial charge in [0.1, 0.15) is 11.5 Å². The van der Waals surface area contributed by atoms with Gasteiger partial charge in [-0.3, -0.25) is 4.79 Å². The van der Waals surface area contributed by atoms with Crippen molar-refractivity contribution in [2.75, 3.05) is 13.6 Å². The summed E-state index contributed by atoms with van der Waals surface area (Å²) < 4.78 is 5.79. The summed E-state index contributed by atoms with van der Waals surface area (Å²) in [6.45, 7) is 2.98. The highest BCUT2D eigenvalue weighted by atomic mass is 16.3. The largest absolute Gasteiger partial charge is 0.461 e. The van der Waals surface area contributed by atoms with Crippen LogP contribution in [0.25, 0.3) is 6.08 Å². The van der Waals surface area contributed by atoms with Crippen molar-refractivity contribution in [3.63, 3.8) is 0 Å². The van der Waals surface area contributed by atoms with Gasteiger partial charge in [-0.15, -0.1) is 0 Å². The van der Waals surface area contributed by atoms with Gasteiger partial charge < -0.3 is 9.32 Å². The average Bonchev–Trinajstić information content (AvgIpc) is 3.14. The first-order chi connectivity index (χ1) is 11.6. The molecule has 1 fully saturated rings. The van der Waals surface area contributed by atoms with Gasteiger partial charge in [-0.25, -0.2) is 0 Å². The highest BCUT2D eigenvalue weighted by Gasteiger charge is 2.36. The first-order valence-corrected chi connectivity index (χ1v) is 8.70. The molecule has 0 N–H and O–H groups in total. The van der Waals surface area contributed by atoms with Crippen LogP contribution in [0, 0.1) is 5.92 Å². The molecule has 2 unspecified atom stereocenters. The lowest BCUT2D eigenvalue weighted by Gasteiger charge is -2.14. The Balaban J connectivity index is 1.44. The van der Waals surface area contributed by atoms with Crippen LogP contribution in [0.3, 0.4) is 0 Å². The highest BCUT2D eigenvalue weighted by molar-refractivity contribution is 5.91. The maximum atomic E-state index is 12.2. The second kappa shape index (κ2) is 7.52. The molecule has 0 aliphatic heterocycles. The van der Waals surface area contributed by atoms with E-state index in [1.165, 1.54) is 12.0 Å². The van der Waals surface area contributed by atoms with E-state index in [1.54, 1.807) is 17.1 Å². The Labute approximate surface area is 144 Å². The first-order valence-electron chi connectivity index (χ1n) is 8.70. The van der Waals surface area contributed by atoms with Crippen molar-refractivity contribution >= 4 is 12.0 Å². The molecule has 1 heterocycles. The predicted molar refractivity (Wildman–Crippen MR) is 96.7 cm³/mol. The molecule has 1 aliphatic rings. The van der Waals surface area contributed by atoms with Gasteiger partial charge in [0.2, 0.25) is 5.91 Å². The fourth-order valence-electron chi connectivity index (χ4n) is 2.93. The minimum Gasteiger partial charge on any atom is -0.461 e. The smallest absolute Gasteiger partial charge is 0.246 e. The molecule has 24 heavy (non-hydrogen) atoms. The van der Waals surface area contributed by atoms with E-state index in [0.717, 1.165) is 36.8 Å². The van der Waals surface area contributed by atoms with Crippen LogP contribution < -0.4 is 0 Å². The van der Waals surface area contributed by atoms with E-state index in [1.807, 2.05) is 37.4 Å². The Morgan fingerprint density at radius 2 is 2.00 bits per heavy atom. The molecular weight excluding hydrogens is 298 g/mol. The van der Waals surface area contributed by atoms with Gasteiger partial charge in [0.25, 0.3) is 0 Å². The number of aryl methyl sites for hydroxylation is 1. The van der Waals surface area contributed by atoms with E-state index in [2.05, 4.69) is 19.1 Å². The van der Waals surface area contributed by atoms with Crippen molar-refractivity contribution in [3.05, 3.63) is 65.6 Å². The van der Waals surface area contributed by atoms with Gasteiger partial charge in [-0.05, 0) is 49.0 Å². The predicted octanol–water partition coefficient (Wildman–Crippen LogP) is 4.51. The lowest BCUT2D eigenvalue weighted by Crippen LogP contribution is -2.26. The zero-order valence-electron chi connectivity index (χ0n) is 14.4. The third kappa shape index (κ3) is 4.38. The quantitative estimate of drug-likeness (QED) is 0.703. The molecule has 1 saturated carbocycles. The summed E-state index contributed by atoms with van der Waals surface area (Å²) in [5.41, 5.74) is 1.31. The van der Waals surface area contributed by atoms with Crippen LogP contribution in [-0.4, -0.2) is 24.4 Å². The summed E-state index contributed by atoms with van der Waals surface area (Å²) in [7, 11) is 1.84. The van der Waals surface area contributed by atoms with Crippen molar-refractivity contribution in [2.45, 2.75) is 32.1 Å². The first kappa shape index (κ1) is 16.6. The van der Waals surface area contributed by atoms with Crippen molar-refractivity contribution in [2.24, 2.45) is 5.92 Å². The zero-order valence-corrected chi connectivity index (χ0v) is 14.4. The number of carbonyl (C=O) groups is 1. The third-order valence-corrected chi connectivity index (χ3v) is 4.69. The normalized spacial score (nSPS) is 19.6. The minimum absolute atomic E-state index is 0.0146. The van der Waals surface area contributed by atoms with E-state index in [9.17, 15) is 4.79 Å². The Morgan fingerprint density at radius 3 is 2.71 bits per heavy atom. The summed E-state index contributed by atoms with van der Waals surface area (Å²) in [5, 5.41) is 0. The van der Waals surface area contributed by atoms with Gasteiger partial charge in [0, 0.05) is 25.6 Å². The molecule has 0 radical (unpaired) electrons. The molecule has 0 saturated heterocycles. The standard InChI is InChI=1S/C21H25NO2/c1-16-15-19(16)20-12-10-18(24-20)11-13-21(23)22(2)14-6-9-17-7-4-3-5-8-17/h3-5,7-8,10-13,16,19H,6,9,14-15H2,1-2H3/b13-11+. The van der Waals surface area contributed by atoms with Crippen LogP contribution >= 0.6 is 0 Å². The maximum Gasteiger partial charge on any atom is 0.246 e. The van der Waals surface area contributed by atoms with E-state index >= 15 is 0 Å². The number of hydrogen-bond acceptors (Lipinski definition) is 2. The van der Waals surface area contributed by atoms with Crippen molar-refractivity contribution in [1.29, 1.82) is 0 Å².